The number of rotatable bonds is 4. The van der Waals surface area contributed by atoms with Crippen LogP contribution in [-0.2, 0) is 0 Å². The fourth-order valence-electron chi connectivity index (χ4n) is 3.59. The number of hydrogen-bond donors (Lipinski definition) is 0. The Morgan fingerprint density at radius 1 is 1.30 bits per heavy atom. The molecule has 0 aromatic carbocycles. The molecular weight excluding hydrogens is 286 g/mol. The second kappa shape index (κ2) is 7.00. The quantitative estimate of drug-likeness (QED) is 0.857. The molecule has 1 amide bonds. The van der Waals surface area contributed by atoms with Crippen molar-refractivity contribution < 1.29 is 4.79 Å². The van der Waals surface area contributed by atoms with Gasteiger partial charge in [0.25, 0.3) is 5.91 Å². The lowest BCUT2D eigenvalue weighted by atomic mass is 10.0. The number of carbonyl (C=O) groups excluding carboxylic acids is 1. The van der Waals surface area contributed by atoms with Gasteiger partial charge in [-0.2, -0.15) is 0 Å². The van der Waals surface area contributed by atoms with Gasteiger partial charge < -0.3 is 4.90 Å². The minimum atomic E-state index is 0.139. The molecule has 1 aliphatic carbocycles. The number of amides is 1. The van der Waals surface area contributed by atoms with Crippen LogP contribution in [0.3, 0.4) is 0 Å². The number of nitrogens with zero attached hydrogens (tertiary/aromatic N) is 3. The molecule has 4 nitrogen and oxygen atoms in total. The average Bonchev–Trinajstić information content (AvgIpc) is 3.34. The molecule has 4 heteroatoms. The Balaban J connectivity index is 1.73. The van der Waals surface area contributed by atoms with Crippen LogP contribution < -0.4 is 0 Å². The normalized spacial score (nSPS) is 23.1. The smallest absolute Gasteiger partial charge is 0.255 e. The van der Waals surface area contributed by atoms with Crippen molar-refractivity contribution in [3.63, 3.8) is 0 Å². The Labute approximate surface area is 139 Å². The monoisotopic (exact) mass is 315 g/mol. The lowest BCUT2D eigenvalue weighted by Crippen LogP contribution is -2.46. The van der Waals surface area contributed by atoms with Gasteiger partial charge in [0.1, 0.15) is 0 Å². The Morgan fingerprint density at radius 2 is 2.09 bits per heavy atom. The molecule has 1 atom stereocenters. The van der Waals surface area contributed by atoms with Crippen LogP contribution in [0.5, 0.6) is 0 Å². The van der Waals surface area contributed by atoms with Crippen molar-refractivity contribution in [3.8, 4) is 0 Å². The summed E-state index contributed by atoms with van der Waals surface area (Å²) < 4.78 is 0. The largest absolute Gasteiger partial charge is 0.337 e. The number of aromatic nitrogens is 1. The Morgan fingerprint density at radius 3 is 2.74 bits per heavy atom. The van der Waals surface area contributed by atoms with Crippen molar-refractivity contribution in [1.29, 1.82) is 0 Å². The van der Waals surface area contributed by atoms with Crippen molar-refractivity contribution in [2.45, 2.75) is 46.1 Å². The van der Waals surface area contributed by atoms with Gasteiger partial charge in [-0.05, 0) is 49.7 Å². The van der Waals surface area contributed by atoms with Crippen LogP contribution in [0.2, 0.25) is 0 Å². The number of carbonyl (C=O) groups is 1. The summed E-state index contributed by atoms with van der Waals surface area (Å²) in [5.41, 5.74) is 1.77. The molecule has 1 aromatic heterocycles. The lowest BCUT2D eigenvalue weighted by Gasteiger charge is -2.34. The SMILES string of the molecule is Cc1cncc(C(=O)N2CCCN(CC3CC3)[C@@H](C(C)C)C2)c1. The molecule has 1 saturated heterocycles. The van der Waals surface area contributed by atoms with Crippen molar-refractivity contribution >= 4 is 5.91 Å². The van der Waals surface area contributed by atoms with Crippen molar-refractivity contribution in [2.75, 3.05) is 26.2 Å². The minimum Gasteiger partial charge on any atom is -0.337 e. The highest BCUT2D eigenvalue weighted by Gasteiger charge is 2.33. The molecule has 1 saturated carbocycles. The van der Waals surface area contributed by atoms with Crippen LogP contribution in [-0.4, -0.2) is 52.9 Å². The number of hydrogen-bond acceptors (Lipinski definition) is 3. The van der Waals surface area contributed by atoms with Gasteiger partial charge in [-0.25, -0.2) is 0 Å². The third-order valence-electron chi connectivity index (χ3n) is 5.12. The highest BCUT2D eigenvalue weighted by atomic mass is 16.2. The molecule has 2 heterocycles. The maximum absolute atomic E-state index is 12.9. The molecule has 0 N–H and O–H groups in total. The molecular formula is C19H29N3O. The number of aryl methyl sites for hydroxylation is 1. The van der Waals surface area contributed by atoms with Crippen LogP contribution in [0.4, 0.5) is 0 Å². The molecule has 23 heavy (non-hydrogen) atoms. The summed E-state index contributed by atoms with van der Waals surface area (Å²) in [6.45, 7) is 10.6. The zero-order valence-corrected chi connectivity index (χ0v) is 14.7. The van der Waals surface area contributed by atoms with Crippen LogP contribution in [0, 0.1) is 18.8 Å². The third-order valence-corrected chi connectivity index (χ3v) is 5.12. The highest BCUT2D eigenvalue weighted by Crippen LogP contribution is 2.32. The van der Waals surface area contributed by atoms with Gasteiger partial charge in [0.05, 0.1) is 5.56 Å². The van der Waals surface area contributed by atoms with Crippen molar-refractivity contribution in [3.05, 3.63) is 29.6 Å². The fraction of sp³-hybridized carbons (Fsp3) is 0.684. The molecule has 1 aromatic rings. The van der Waals surface area contributed by atoms with Gasteiger partial charge in [-0.1, -0.05) is 13.8 Å². The van der Waals surface area contributed by atoms with Crippen LogP contribution in [0.15, 0.2) is 18.5 Å². The van der Waals surface area contributed by atoms with E-state index in [0.717, 1.165) is 43.1 Å². The molecule has 3 rings (SSSR count). The van der Waals surface area contributed by atoms with E-state index in [0.29, 0.717) is 12.0 Å². The van der Waals surface area contributed by atoms with Crippen molar-refractivity contribution in [1.82, 2.24) is 14.8 Å². The summed E-state index contributed by atoms with van der Waals surface area (Å²) in [5, 5.41) is 0. The molecule has 2 aliphatic rings. The third kappa shape index (κ3) is 4.11. The Kier molecular flexibility index (Phi) is 5.00. The van der Waals surface area contributed by atoms with Crippen LogP contribution in [0.25, 0.3) is 0 Å². The van der Waals surface area contributed by atoms with Gasteiger partial charge >= 0.3 is 0 Å². The first-order valence-electron chi connectivity index (χ1n) is 8.99. The van der Waals surface area contributed by atoms with E-state index in [1.54, 1.807) is 12.4 Å². The summed E-state index contributed by atoms with van der Waals surface area (Å²) >= 11 is 0. The van der Waals surface area contributed by atoms with Gasteiger partial charge in [0, 0.05) is 44.6 Å². The molecule has 1 aliphatic heterocycles. The summed E-state index contributed by atoms with van der Waals surface area (Å²) in [6, 6.07) is 2.42. The van der Waals surface area contributed by atoms with E-state index in [4.69, 9.17) is 0 Å². The second-order valence-corrected chi connectivity index (χ2v) is 7.61. The first kappa shape index (κ1) is 16.4. The van der Waals surface area contributed by atoms with E-state index in [1.807, 2.05) is 17.9 Å². The molecule has 0 bridgehead atoms. The van der Waals surface area contributed by atoms with Gasteiger partial charge in [-0.3, -0.25) is 14.7 Å². The lowest BCUT2D eigenvalue weighted by molar-refractivity contribution is 0.0704. The van der Waals surface area contributed by atoms with Crippen molar-refractivity contribution in [2.24, 2.45) is 11.8 Å². The van der Waals surface area contributed by atoms with E-state index in [1.165, 1.54) is 19.4 Å². The summed E-state index contributed by atoms with van der Waals surface area (Å²) in [4.78, 5) is 21.8. The molecule has 0 unspecified atom stereocenters. The Hall–Kier alpha value is -1.42. The van der Waals surface area contributed by atoms with E-state index in [-0.39, 0.29) is 5.91 Å². The zero-order chi connectivity index (χ0) is 16.4. The average molecular weight is 315 g/mol. The highest BCUT2D eigenvalue weighted by molar-refractivity contribution is 5.94. The predicted octanol–water partition coefficient (Wildman–Crippen LogP) is 2.97. The standard InChI is InChI=1S/C19H29N3O/c1-14(2)18-13-22(8-4-7-21(18)12-16-5-6-16)19(23)17-9-15(3)10-20-11-17/h9-11,14,16,18H,4-8,12-13H2,1-3H3/t18-/m1/s1. The second-order valence-electron chi connectivity index (χ2n) is 7.61. The van der Waals surface area contributed by atoms with Crippen LogP contribution in [0.1, 0.15) is 49.0 Å². The Bertz CT molecular complexity index is 553. The summed E-state index contributed by atoms with van der Waals surface area (Å²) in [7, 11) is 0. The summed E-state index contributed by atoms with van der Waals surface area (Å²) in [6.07, 6.45) is 7.35. The van der Waals surface area contributed by atoms with E-state index >= 15 is 0 Å². The fourth-order valence-corrected chi connectivity index (χ4v) is 3.59. The zero-order valence-electron chi connectivity index (χ0n) is 14.7. The van der Waals surface area contributed by atoms with Gasteiger partial charge in [-0.15, -0.1) is 0 Å². The predicted molar refractivity (Wildman–Crippen MR) is 92.4 cm³/mol. The van der Waals surface area contributed by atoms with E-state index < -0.39 is 0 Å². The molecule has 2 fully saturated rings. The molecule has 126 valence electrons. The summed E-state index contributed by atoms with van der Waals surface area (Å²) in [5.74, 6) is 1.61. The minimum absolute atomic E-state index is 0.139. The van der Waals surface area contributed by atoms with Crippen LogP contribution >= 0.6 is 0 Å². The first-order chi connectivity index (χ1) is 11.0. The van der Waals surface area contributed by atoms with Gasteiger partial charge in [0.2, 0.25) is 0 Å². The van der Waals surface area contributed by atoms with Gasteiger partial charge in [0.15, 0.2) is 0 Å². The van der Waals surface area contributed by atoms with E-state index in [2.05, 4.69) is 23.7 Å². The van der Waals surface area contributed by atoms with E-state index in [9.17, 15) is 4.79 Å². The maximum atomic E-state index is 12.9. The molecule has 0 spiro atoms. The number of pyridine rings is 1. The maximum Gasteiger partial charge on any atom is 0.255 e. The topological polar surface area (TPSA) is 36.4 Å². The molecule has 0 radical (unpaired) electrons. The first-order valence-corrected chi connectivity index (χ1v) is 8.99.